The number of hydrazine groups is 1. The summed E-state index contributed by atoms with van der Waals surface area (Å²) in [4.78, 5) is 48.3. The molecule has 0 saturated heterocycles. The Balaban J connectivity index is 1.56. The number of anilines is 1. The minimum Gasteiger partial charge on any atom is -0.422 e. The van der Waals surface area contributed by atoms with Gasteiger partial charge in [0.05, 0.1) is 5.56 Å². The third-order valence-corrected chi connectivity index (χ3v) is 5.20. The van der Waals surface area contributed by atoms with E-state index >= 15 is 0 Å². The molecule has 3 rings (SSSR count). The minimum absolute atomic E-state index is 0.133. The van der Waals surface area contributed by atoms with Crippen LogP contribution in [0.4, 0.5) is 5.69 Å². The molecule has 178 valence electrons. The Morgan fingerprint density at radius 3 is 2.20 bits per heavy atom. The van der Waals surface area contributed by atoms with Gasteiger partial charge >= 0.3 is 5.97 Å². The van der Waals surface area contributed by atoms with E-state index in [4.69, 9.17) is 4.74 Å². The molecule has 0 aromatic heterocycles. The Labute approximate surface area is 210 Å². The van der Waals surface area contributed by atoms with E-state index in [0.717, 1.165) is 4.47 Å². The van der Waals surface area contributed by atoms with Crippen LogP contribution < -0.4 is 20.9 Å². The highest BCUT2D eigenvalue weighted by Crippen LogP contribution is 2.21. The largest absolute Gasteiger partial charge is 0.422 e. The first-order chi connectivity index (χ1) is 16.9. The Morgan fingerprint density at radius 1 is 0.857 bits per heavy atom. The van der Waals surface area contributed by atoms with E-state index in [2.05, 4.69) is 32.1 Å². The normalized spacial score (nSPS) is 10.5. The fraction of sp³-hybridized carbons (Fsp3) is 0.0769. The number of esters is 1. The minimum atomic E-state index is -0.584. The van der Waals surface area contributed by atoms with Crippen molar-refractivity contribution in [1.82, 2.24) is 10.9 Å². The topological polar surface area (TPSA) is 114 Å². The predicted molar refractivity (Wildman–Crippen MR) is 136 cm³/mol. The Kier molecular flexibility index (Phi) is 8.91. The van der Waals surface area contributed by atoms with Gasteiger partial charge in [-0.3, -0.25) is 25.2 Å². The van der Waals surface area contributed by atoms with Crippen molar-refractivity contribution in [3.63, 3.8) is 0 Å². The van der Waals surface area contributed by atoms with Crippen molar-refractivity contribution in [1.29, 1.82) is 0 Å². The number of halogens is 1. The van der Waals surface area contributed by atoms with Crippen molar-refractivity contribution in [2.45, 2.75) is 13.3 Å². The molecule has 0 radical (unpaired) electrons. The molecule has 3 aromatic rings. The average Bonchev–Trinajstić information content (AvgIpc) is 2.87. The Hall–Kier alpha value is -4.24. The molecule has 0 heterocycles. The van der Waals surface area contributed by atoms with E-state index in [1.165, 1.54) is 24.3 Å². The van der Waals surface area contributed by atoms with Gasteiger partial charge in [0.25, 0.3) is 11.8 Å². The summed E-state index contributed by atoms with van der Waals surface area (Å²) in [5, 5.41) is 2.69. The standard InChI is InChI=1S/C26H22BrN3O5/c1-2-23(31)28-21-14-9-18(10-15-21)25(33)30-29-24(32)16-11-17-5-3-4-6-22(17)35-26(34)19-7-12-20(27)13-8-19/h3-16H,2H2,1H3,(H,28,31)(H,29,32)(H,30,33)/b16-11+. The van der Waals surface area contributed by atoms with E-state index in [-0.39, 0.29) is 11.7 Å². The van der Waals surface area contributed by atoms with Gasteiger partial charge in [-0.15, -0.1) is 0 Å². The summed E-state index contributed by atoms with van der Waals surface area (Å²) in [7, 11) is 0. The molecule has 35 heavy (non-hydrogen) atoms. The molecule has 3 aromatic carbocycles. The second-order valence-corrected chi connectivity index (χ2v) is 8.11. The summed E-state index contributed by atoms with van der Waals surface area (Å²) in [6.45, 7) is 1.74. The number of hydrogen-bond acceptors (Lipinski definition) is 5. The summed E-state index contributed by atoms with van der Waals surface area (Å²) < 4.78 is 6.31. The number of carbonyl (C=O) groups excluding carboxylic acids is 4. The summed E-state index contributed by atoms with van der Waals surface area (Å²) >= 11 is 3.32. The van der Waals surface area contributed by atoms with Gasteiger partial charge in [0.2, 0.25) is 5.91 Å². The lowest BCUT2D eigenvalue weighted by molar-refractivity contribution is -0.117. The van der Waals surface area contributed by atoms with Crippen molar-refractivity contribution < 1.29 is 23.9 Å². The maximum atomic E-state index is 12.4. The first-order valence-electron chi connectivity index (χ1n) is 10.6. The van der Waals surface area contributed by atoms with Gasteiger partial charge < -0.3 is 10.1 Å². The first-order valence-corrected chi connectivity index (χ1v) is 11.4. The number of para-hydroxylation sites is 1. The van der Waals surface area contributed by atoms with E-state index in [9.17, 15) is 19.2 Å². The van der Waals surface area contributed by atoms with Crippen LogP contribution in [0.2, 0.25) is 0 Å². The lowest BCUT2D eigenvalue weighted by Gasteiger charge is -2.08. The molecule has 3 amide bonds. The van der Waals surface area contributed by atoms with Crippen molar-refractivity contribution >= 4 is 51.4 Å². The summed E-state index contributed by atoms with van der Waals surface area (Å²) in [6, 6.07) is 19.7. The van der Waals surface area contributed by atoms with Gasteiger partial charge in [-0.2, -0.15) is 0 Å². The maximum absolute atomic E-state index is 12.4. The molecule has 0 aliphatic heterocycles. The van der Waals surface area contributed by atoms with Crippen molar-refractivity contribution in [2.75, 3.05) is 5.32 Å². The SMILES string of the molecule is CCC(=O)Nc1ccc(C(=O)NNC(=O)/C=C/c2ccccc2OC(=O)c2ccc(Br)cc2)cc1. The number of benzene rings is 3. The number of hydrogen-bond donors (Lipinski definition) is 3. The van der Waals surface area contributed by atoms with Crippen LogP contribution in [-0.2, 0) is 9.59 Å². The molecule has 8 nitrogen and oxygen atoms in total. The third kappa shape index (κ3) is 7.65. The Bertz CT molecular complexity index is 1250. The van der Waals surface area contributed by atoms with Gasteiger partial charge in [0.15, 0.2) is 0 Å². The molecule has 0 unspecified atom stereocenters. The Morgan fingerprint density at radius 2 is 1.51 bits per heavy atom. The molecule has 0 spiro atoms. The fourth-order valence-corrected chi connectivity index (χ4v) is 3.07. The van der Waals surface area contributed by atoms with Crippen LogP contribution in [0.15, 0.2) is 83.3 Å². The van der Waals surface area contributed by atoms with E-state index in [1.807, 2.05) is 0 Å². The van der Waals surface area contributed by atoms with Gasteiger partial charge in [-0.1, -0.05) is 41.1 Å². The summed E-state index contributed by atoms with van der Waals surface area (Å²) in [5.74, 6) is -1.49. The van der Waals surface area contributed by atoms with E-state index in [1.54, 1.807) is 67.6 Å². The number of nitrogens with one attached hydrogen (secondary N) is 3. The number of rotatable bonds is 7. The molecule has 0 atom stereocenters. The molecule has 0 fully saturated rings. The van der Waals surface area contributed by atoms with Crippen molar-refractivity contribution in [3.05, 3.63) is 100 Å². The van der Waals surface area contributed by atoms with Crippen LogP contribution in [0.5, 0.6) is 5.75 Å². The van der Waals surface area contributed by atoms with Crippen LogP contribution in [0, 0.1) is 0 Å². The monoisotopic (exact) mass is 535 g/mol. The molecule has 0 aliphatic rings. The number of amides is 3. The zero-order valence-electron chi connectivity index (χ0n) is 18.7. The lowest BCUT2D eigenvalue weighted by Crippen LogP contribution is -2.40. The quantitative estimate of drug-likeness (QED) is 0.178. The average molecular weight is 536 g/mol. The van der Waals surface area contributed by atoms with Gasteiger partial charge in [-0.05, 0) is 60.7 Å². The third-order valence-electron chi connectivity index (χ3n) is 4.67. The summed E-state index contributed by atoms with van der Waals surface area (Å²) in [6.07, 6.45) is 3.02. The zero-order chi connectivity index (χ0) is 25.2. The van der Waals surface area contributed by atoms with Gasteiger partial charge in [0, 0.05) is 33.8 Å². The van der Waals surface area contributed by atoms with Crippen LogP contribution in [0.1, 0.15) is 39.6 Å². The summed E-state index contributed by atoms with van der Waals surface area (Å²) in [5.41, 5.74) is 6.36. The molecule has 0 saturated carbocycles. The molecular formula is C26H22BrN3O5. The van der Waals surface area contributed by atoms with Gasteiger partial charge in [0.1, 0.15) is 5.75 Å². The van der Waals surface area contributed by atoms with E-state index in [0.29, 0.717) is 28.8 Å². The molecule has 0 bridgehead atoms. The van der Waals surface area contributed by atoms with Crippen LogP contribution in [0.3, 0.4) is 0 Å². The number of carbonyl (C=O) groups is 4. The first kappa shape index (κ1) is 25.4. The highest BCUT2D eigenvalue weighted by Gasteiger charge is 2.11. The second kappa shape index (κ2) is 12.3. The van der Waals surface area contributed by atoms with Crippen LogP contribution >= 0.6 is 15.9 Å². The van der Waals surface area contributed by atoms with Crippen LogP contribution in [-0.4, -0.2) is 23.7 Å². The van der Waals surface area contributed by atoms with Gasteiger partial charge in [-0.25, -0.2) is 4.79 Å². The predicted octanol–water partition coefficient (Wildman–Crippen LogP) is 4.49. The lowest BCUT2D eigenvalue weighted by atomic mass is 10.2. The van der Waals surface area contributed by atoms with Crippen molar-refractivity contribution in [2.24, 2.45) is 0 Å². The maximum Gasteiger partial charge on any atom is 0.343 e. The number of ether oxygens (including phenoxy) is 1. The molecule has 3 N–H and O–H groups in total. The second-order valence-electron chi connectivity index (χ2n) is 7.19. The smallest absolute Gasteiger partial charge is 0.343 e. The molecule has 9 heteroatoms. The van der Waals surface area contributed by atoms with Crippen molar-refractivity contribution in [3.8, 4) is 5.75 Å². The molecule has 0 aliphatic carbocycles. The highest BCUT2D eigenvalue weighted by molar-refractivity contribution is 9.10. The zero-order valence-corrected chi connectivity index (χ0v) is 20.3. The fourth-order valence-electron chi connectivity index (χ4n) is 2.81. The molecular weight excluding hydrogens is 514 g/mol. The van der Waals surface area contributed by atoms with E-state index < -0.39 is 17.8 Å². The van der Waals surface area contributed by atoms with Crippen LogP contribution in [0.25, 0.3) is 6.08 Å². The highest BCUT2D eigenvalue weighted by atomic mass is 79.9.